The highest BCUT2D eigenvalue weighted by Gasteiger charge is 2.29. The average Bonchev–Trinajstić information content (AvgIpc) is 3.39. The van der Waals surface area contributed by atoms with Gasteiger partial charge in [-0.1, -0.05) is 36.4 Å². The predicted molar refractivity (Wildman–Crippen MR) is 223 cm³/mol. The number of carboxylic acids is 2. The Morgan fingerprint density at radius 3 is 1.44 bits per heavy atom. The minimum absolute atomic E-state index is 0.0279. The standard InChI is InChI=1S/C24H23F2NO3.C23H23F2NO4S/c1-14(28)17-7-5-15(6-8-17)13-27-22-9-16(10-23(29)30)3-2-4-19(22)20-11-18(25)12-21(26)24(20)27;1-31(29,30)17-7-5-14(6-8-17)13-26-21-9-15(10-22(27)28)3-2-4-18(21)19-11-16(24)12-20(25)23(19)26/h5-8,11-12,16H,2-4,9-10,13H2,1H3,(H,29,30);5-8,11-12,15H,2-4,9-10,13H2,1H3,(H,27,28). The molecule has 2 heterocycles. The van der Waals surface area contributed by atoms with Crippen molar-refractivity contribution in [2.75, 3.05) is 6.26 Å². The molecule has 2 aliphatic carbocycles. The fourth-order valence-corrected chi connectivity index (χ4v) is 9.83. The first-order valence-corrected chi connectivity index (χ1v) is 22.2. The van der Waals surface area contributed by atoms with Gasteiger partial charge in [-0.05, 0) is 117 Å². The minimum atomic E-state index is -3.33. The average molecular weight is 859 g/mol. The molecule has 0 saturated heterocycles. The number of sulfone groups is 1. The lowest BCUT2D eigenvalue weighted by molar-refractivity contribution is -0.139. The zero-order chi connectivity index (χ0) is 43.7. The molecule has 2 aliphatic rings. The molecule has 14 heteroatoms. The van der Waals surface area contributed by atoms with E-state index in [0.29, 0.717) is 59.6 Å². The van der Waals surface area contributed by atoms with Crippen molar-refractivity contribution in [3.8, 4) is 0 Å². The number of fused-ring (bicyclic) bond motifs is 6. The Labute approximate surface area is 350 Å². The highest BCUT2D eigenvalue weighted by molar-refractivity contribution is 7.90. The molecule has 0 saturated carbocycles. The van der Waals surface area contributed by atoms with Crippen LogP contribution in [0.1, 0.15) is 89.4 Å². The van der Waals surface area contributed by atoms with Gasteiger partial charge in [0.1, 0.15) is 23.3 Å². The van der Waals surface area contributed by atoms with Crippen LogP contribution in [0.2, 0.25) is 0 Å². The Kier molecular flexibility index (Phi) is 12.6. The summed E-state index contributed by atoms with van der Waals surface area (Å²) < 4.78 is 84.9. The SMILES string of the molecule is CC(=O)c1ccc(Cn2c3c(c4cc(F)cc(F)c42)CCCC(CC(=O)O)C3)cc1.CS(=O)(=O)c1ccc(Cn2c3c(c4cc(F)cc(F)c42)CCCC(CC(=O)O)C3)cc1. The predicted octanol–water partition coefficient (Wildman–Crippen LogP) is 9.48. The van der Waals surface area contributed by atoms with Gasteiger partial charge in [0, 0.05) is 72.0 Å². The molecule has 4 aromatic carbocycles. The molecule has 2 atom stereocenters. The molecule has 2 N–H and O–H groups in total. The van der Waals surface area contributed by atoms with Gasteiger partial charge in [0.25, 0.3) is 0 Å². The molecule has 0 fully saturated rings. The second-order valence-electron chi connectivity index (χ2n) is 16.4. The number of ketones is 1. The first-order chi connectivity index (χ1) is 29.0. The van der Waals surface area contributed by atoms with Crippen molar-refractivity contribution in [3.63, 3.8) is 0 Å². The van der Waals surface area contributed by atoms with Crippen molar-refractivity contribution >= 4 is 49.4 Å². The molecule has 8 rings (SSSR count). The van der Waals surface area contributed by atoms with Crippen LogP contribution in [-0.2, 0) is 58.2 Å². The van der Waals surface area contributed by atoms with E-state index in [4.69, 9.17) is 0 Å². The van der Waals surface area contributed by atoms with E-state index in [2.05, 4.69) is 0 Å². The zero-order valence-electron chi connectivity index (χ0n) is 33.8. The Morgan fingerprint density at radius 1 is 0.656 bits per heavy atom. The molecule has 61 heavy (non-hydrogen) atoms. The van der Waals surface area contributed by atoms with Crippen molar-refractivity contribution in [3.05, 3.63) is 135 Å². The van der Waals surface area contributed by atoms with Gasteiger partial charge < -0.3 is 19.3 Å². The summed E-state index contributed by atoms with van der Waals surface area (Å²) in [5, 5.41) is 19.6. The Bertz CT molecular complexity index is 2780. The third-order valence-electron chi connectivity index (χ3n) is 12.0. The van der Waals surface area contributed by atoms with Crippen molar-refractivity contribution < 1.29 is 50.6 Å². The van der Waals surface area contributed by atoms with E-state index in [-0.39, 0.29) is 41.9 Å². The summed E-state index contributed by atoms with van der Waals surface area (Å²) in [6.07, 6.45) is 6.56. The zero-order valence-corrected chi connectivity index (χ0v) is 34.6. The molecular weight excluding hydrogens is 813 g/mol. The van der Waals surface area contributed by atoms with Gasteiger partial charge in [-0.25, -0.2) is 26.0 Å². The number of Topliss-reactive ketones (excluding diaryl/α,β-unsaturated/α-hetero) is 1. The summed E-state index contributed by atoms with van der Waals surface area (Å²) >= 11 is 0. The van der Waals surface area contributed by atoms with Crippen molar-refractivity contribution in [2.45, 2.75) is 89.1 Å². The quantitative estimate of drug-likeness (QED) is 0.0796. The number of halogens is 4. The number of hydrogen-bond acceptors (Lipinski definition) is 5. The molecule has 2 aromatic heterocycles. The van der Waals surface area contributed by atoms with Crippen molar-refractivity contribution in [1.29, 1.82) is 0 Å². The molecule has 0 spiro atoms. The highest BCUT2D eigenvalue weighted by Crippen LogP contribution is 2.38. The third kappa shape index (κ3) is 9.59. The molecule has 2 unspecified atom stereocenters. The second-order valence-corrected chi connectivity index (χ2v) is 18.4. The smallest absolute Gasteiger partial charge is 0.303 e. The number of benzene rings is 4. The number of nitrogens with zero attached hydrogens (tertiary/aromatic N) is 2. The van der Waals surface area contributed by atoms with Gasteiger partial charge in [-0.2, -0.15) is 0 Å². The van der Waals surface area contributed by atoms with Crippen LogP contribution >= 0.6 is 0 Å². The summed E-state index contributed by atoms with van der Waals surface area (Å²) in [4.78, 5) is 34.3. The number of rotatable bonds is 10. The Hall–Kier alpha value is -5.76. The molecular formula is C47H46F4N2O7S. The first-order valence-electron chi connectivity index (χ1n) is 20.3. The van der Waals surface area contributed by atoms with E-state index in [9.17, 15) is 50.6 Å². The lowest BCUT2D eigenvalue weighted by Crippen LogP contribution is -2.13. The molecule has 320 valence electrons. The number of hydrogen-bond donors (Lipinski definition) is 2. The summed E-state index contributed by atoms with van der Waals surface area (Å²) in [5.74, 6) is -4.40. The maximum Gasteiger partial charge on any atom is 0.303 e. The van der Waals surface area contributed by atoms with Crippen LogP contribution in [-0.4, -0.2) is 51.7 Å². The summed E-state index contributed by atoms with van der Waals surface area (Å²) in [6.45, 7) is 2.14. The van der Waals surface area contributed by atoms with Gasteiger partial charge >= 0.3 is 11.9 Å². The maximum atomic E-state index is 14.9. The van der Waals surface area contributed by atoms with Crippen LogP contribution in [0.25, 0.3) is 21.8 Å². The molecule has 9 nitrogen and oxygen atoms in total. The lowest BCUT2D eigenvalue weighted by Gasteiger charge is -2.16. The van der Waals surface area contributed by atoms with E-state index >= 15 is 0 Å². The van der Waals surface area contributed by atoms with Crippen LogP contribution in [0, 0.1) is 35.1 Å². The maximum absolute atomic E-state index is 14.9. The van der Waals surface area contributed by atoms with Crippen LogP contribution < -0.4 is 0 Å². The van der Waals surface area contributed by atoms with Gasteiger partial charge in [-0.15, -0.1) is 0 Å². The van der Waals surface area contributed by atoms with Crippen LogP contribution in [0.4, 0.5) is 17.6 Å². The summed E-state index contributed by atoms with van der Waals surface area (Å²) in [7, 11) is -3.33. The van der Waals surface area contributed by atoms with Gasteiger partial charge in [-0.3, -0.25) is 14.4 Å². The van der Waals surface area contributed by atoms with E-state index in [0.717, 1.165) is 77.7 Å². The fraction of sp³-hybridized carbons (Fsp3) is 0.340. The van der Waals surface area contributed by atoms with Crippen LogP contribution in [0.15, 0.2) is 77.7 Å². The number of carbonyl (C=O) groups is 3. The highest BCUT2D eigenvalue weighted by atomic mass is 32.2. The summed E-state index contributed by atoms with van der Waals surface area (Å²) in [5.41, 5.74) is 6.42. The van der Waals surface area contributed by atoms with E-state index in [1.54, 1.807) is 28.8 Å². The largest absolute Gasteiger partial charge is 0.481 e. The van der Waals surface area contributed by atoms with Crippen molar-refractivity contribution in [1.82, 2.24) is 9.13 Å². The van der Waals surface area contributed by atoms with Gasteiger partial charge in [0.15, 0.2) is 15.6 Å². The molecule has 0 aliphatic heterocycles. The summed E-state index contributed by atoms with van der Waals surface area (Å²) in [6, 6.07) is 18.0. The monoisotopic (exact) mass is 858 g/mol. The van der Waals surface area contributed by atoms with Gasteiger partial charge in [0.05, 0.1) is 15.9 Å². The fourth-order valence-electron chi connectivity index (χ4n) is 9.20. The number of carbonyl (C=O) groups excluding carboxylic acids is 1. The second kappa shape index (κ2) is 17.7. The molecule has 0 bridgehead atoms. The molecule has 0 amide bonds. The number of carboxylic acid groups (broad SMARTS) is 2. The Balaban J connectivity index is 0.000000184. The number of aromatic nitrogens is 2. The van der Waals surface area contributed by atoms with E-state index in [1.165, 1.54) is 31.2 Å². The number of aryl methyl sites for hydroxylation is 2. The topological polar surface area (TPSA) is 136 Å². The first kappa shape index (κ1) is 43.3. The number of aliphatic carboxylic acids is 2. The molecule has 0 radical (unpaired) electrons. The van der Waals surface area contributed by atoms with E-state index < -0.39 is 45.0 Å². The van der Waals surface area contributed by atoms with Crippen LogP contribution in [0.3, 0.4) is 0 Å². The van der Waals surface area contributed by atoms with Gasteiger partial charge in [0.2, 0.25) is 0 Å². The Morgan fingerprint density at radius 2 is 1.07 bits per heavy atom. The normalized spacial score (nSPS) is 16.6. The van der Waals surface area contributed by atoms with Crippen molar-refractivity contribution in [2.24, 2.45) is 11.8 Å². The molecule has 6 aromatic rings. The lowest BCUT2D eigenvalue weighted by atomic mass is 9.96. The minimum Gasteiger partial charge on any atom is -0.481 e. The van der Waals surface area contributed by atoms with E-state index in [1.807, 2.05) is 16.7 Å². The third-order valence-corrected chi connectivity index (χ3v) is 13.1. The van der Waals surface area contributed by atoms with Crippen LogP contribution in [0.5, 0.6) is 0 Å².